The summed E-state index contributed by atoms with van der Waals surface area (Å²) in [6.45, 7) is 9.56. The molecule has 0 bridgehead atoms. The van der Waals surface area contributed by atoms with E-state index in [1.807, 2.05) is 13.0 Å². The van der Waals surface area contributed by atoms with E-state index in [1.165, 1.54) is 31.5 Å². The van der Waals surface area contributed by atoms with Crippen LogP contribution >= 0.6 is 0 Å². The number of hydrogen-bond acceptors (Lipinski definition) is 4. The maximum absolute atomic E-state index is 12.5. The molecule has 1 atom stereocenters. The Bertz CT molecular complexity index is 805. The lowest BCUT2D eigenvalue weighted by atomic mass is 9.96. The first-order chi connectivity index (χ1) is 11.6. The summed E-state index contributed by atoms with van der Waals surface area (Å²) in [5.41, 5.74) is 3.78. The topological polar surface area (TPSA) is 36.7 Å². The van der Waals surface area contributed by atoms with Gasteiger partial charge in [0.2, 0.25) is 0 Å². The Kier molecular flexibility index (Phi) is 4.19. The normalized spacial score (nSPS) is 20.4. The molecule has 4 nitrogen and oxygen atoms in total. The lowest BCUT2D eigenvalue weighted by Crippen LogP contribution is -2.43. The minimum absolute atomic E-state index is 0.151. The molecule has 128 valence electrons. The molecule has 0 amide bonds. The molecule has 1 unspecified atom stereocenters. The summed E-state index contributed by atoms with van der Waals surface area (Å²) in [5, 5.41) is 1.11. The molecule has 0 saturated carbocycles. The Morgan fingerprint density at radius 1 is 1.17 bits per heavy atom. The van der Waals surface area contributed by atoms with Gasteiger partial charge in [0.1, 0.15) is 5.58 Å². The Balaban J connectivity index is 1.58. The monoisotopic (exact) mass is 326 g/mol. The highest BCUT2D eigenvalue weighted by molar-refractivity contribution is 5.82. The van der Waals surface area contributed by atoms with E-state index in [4.69, 9.17) is 4.42 Å². The highest BCUT2D eigenvalue weighted by atomic mass is 16.4. The second-order valence-corrected chi connectivity index (χ2v) is 7.42. The first kappa shape index (κ1) is 15.9. The van der Waals surface area contributed by atoms with Crippen LogP contribution in [0.2, 0.25) is 0 Å². The molecule has 2 aliphatic heterocycles. The minimum Gasteiger partial charge on any atom is -0.422 e. The molecule has 0 aliphatic carbocycles. The summed E-state index contributed by atoms with van der Waals surface area (Å²) in [4.78, 5) is 17.5. The molecular formula is C20H26N2O2. The SMILES string of the molecule is Cc1ccc2c3c(c(=O)oc2c1)CN(CC(C)N1CCCC1)CC3. The molecule has 2 aliphatic rings. The summed E-state index contributed by atoms with van der Waals surface area (Å²) in [7, 11) is 0. The van der Waals surface area contributed by atoms with E-state index in [0.717, 1.165) is 48.2 Å². The van der Waals surface area contributed by atoms with Gasteiger partial charge in [0.15, 0.2) is 0 Å². The van der Waals surface area contributed by atoms with Crippen molar-refractivity contribution in [3.8, 4) is 0 Å². The van der Waals surface area contributed by atoms with Crippen molar-refractivity contribution < 1.29 is 4.42 Å². The fraction of sp³-hybridized carbons (Fsp3) is 0.550. The van der Waals surface area contributed by atoms with Crippen molar-refractivity contribution in [2.75, 3.05) is 26.2 Å². The highest BCUT2D eigenvalue weighted by Crippen LogP contribution is 2.26. The van der Waals surface area contributed by atoms with Gasteiger partial charge in [-0.15, -0.1) is 0 Å². The second-order valence-electron chi connectivity index (χ2n) is 7.42. The third kappa shape index (κ3) is 2.89. The van der Waals surface area contributed by atoms with Crippen LogP contribution in [0, 0.1) is 6.92 Å². The Labute approximate surface area is 143 Å². The van der Waals surface area contributed by atoms with Crippen molar-refractivity contribution in [2.45, 2.75) is 45.7 Å². The first-order valence-electron chi connectivity index (χ1n) is 9.13. The molecule has 0 N–H and O–H groups in total. The zero-order chi connectivity index (χ0) is 16.7. The summed E-state index contributed by atoms with van der Waals surface area (Å²) in [6, 6.07) is 6.74. The third-order valence-corrected chi connectivity index (χ3v) is 5.62. The molecule has 1 aromatic carbocycles. The van der Waals surface area contributed by atoms with Crippen LogP contribution in [0.25, 0.3) is 11.0 Å². The van der Waals surface area contributed by atoms with Crippen molar-refractivity contribution in [1.29, 1.82) is 0 Å². The predicted octanol–water partition coefficient (Wildman–Crippen LogP) is 2.94. The van der Waals surface area contributed by atoms with Gasteiger partial charge in [0.25, 0.3) is 0 Å². The molecule has 0 radical (unpaired) electrons. The summed E-state index contributed by atoms with van der Waals surface area (Å²) in [6.07, 6.45) is 3.58. The molecule has 1 fully saturated rings. The Hall–Kier alpha value is -1.65. The Morgan fingerprint density at radius 2 is 1.96 bits per heavy atom. The Morgan fingerprint density at radius 3 is 2.75 bits per heavy atom. The highest BCUT2D eigenvalue weighted by Gasteiger charge is 2.26. The molecule has 1 aromatic heterocycles. The molecular weight excluding hydrogens is 300 g/mol. The summed E-state index contributed by atoms with van der Waals surface area (Å²) < 4.78 is 5.60. The van der Waals surface area contributed by atoms with E-state index in [2.05, 4.69) is 28.9 Å². The van der Waals surface area contributed by atoms with Crippen molar-refractivity contribution in [3.63, 3.8) is 0 Å². The van der Waals surface area contributed by atoms with Gasteiger partial charge in [-0.3, -0.25) is 9.80 Å². The average Bonchev–Trinajstić information content (AvgIpc) is 3.09. The quantitative estimate of drug-likeness (QED) is 0.813. The van der Waals surface area contributed by atoms with Crippen LogP contribution in [0.4, 0.5) is 0 Å². The summed E-state index contributed by atoms with van der Waals surface area (Å²) in [5.74, 6) is 0. The van der Waals surface area contributed by atoms with Crippen molar-refractivity contribution in [1.82, 2.24) is 9.80 Å². The van der Waals surface area contributed by atoms with Gasteiger partial charge in [-0.25, -0.2) is 4.79 Å². The lowest BCUT2D eigenvalue weighted by Gasteiger charge is -2.33. The van der Waals surface area contributed by atoms with E-state index in [-0.39, 0.29) is 5.63 Å². The van der Waals surface area contributed by atoms with Gasteiger partial charge in [-0.05, 0) is 63.4 Å². The van der Waals surface area contributed by atoms with E-state index in [9.17, 15) is 4.79 Å². The van der Waals surface area contributed by atoms with Crippen molar-refractivity contribution in [2.24, 2.45) is 0 Å². The molecule has 24 heavy (non-hydrogen) atoms. The van der Waals surface area contributed by atoms with Crippen LogP contribution in [0.3, 0.4) is 0 Å². The number of fused-ring (bicyclic) bond motifs is 3. The standard InChI is InChI=1S/C20H26N2O2/c1-14-5-6-17-16-7-10-21(12-15(2)22-8-3-4-9-22)13-18(16)20(23)24-19(17)11-14/h5-6,11,15H,3-4,7-10,12-13H2,1-2H3. The van der Waals surface area contributed by atoms with E-state index < -0.39 is 0 Å². The van der Waals surface area contributed by atoms with Gasteiger partial charge < -0.3 is 4.42 Å². The van der Waals surface area contributed by atoms with Crippen LogP contribution in [0.5, 0.6) is 0 Å². The van der Waals surface area contributed by atoms with Gasteiger partial charge in [0.05, 0.1) is 5.56 Å². The van der Waals surface area contributed by atoms with Crippen LogP contribution in [0.1, 0.15) is 36.5 Å². The van der Waals surface area contributed by atoms with E-state index in [0.29, 0.717) is 6.04 Å². The minimum atomic E-state index is -0.151. The van der Waals surface area contributed by atoms with Gasteiger partial charge in [-0.1, -0.05) is 12.1 Å². The number of aryl methyl sites for hydroxylation is 1. The van der Waals surface area contributed by atoms with E-state index in [1.54, 1.807) is 0 Å². The maximum atomic E-state index is 12.5. The van der Waals surface area contributed by atoms with Crippen LogP contribution in [0.15, 0.2) is 27.4 Å². The maximum Gasteiger partial charge on any atom is 0.341 e. The van der Waals surface area contributed by atoms with Crippen LogP contribution < -0.4 is 5.63 Å². The molecule has 4 heteroatoms. The average molecular weight is 326 g/mol. The largest absolute Gasteiger partial charge is 0.422 e. The zero-order valence-corrected chi connectivity index (χ0v) is 14.7. The lowest BCUT2D eigenvalue weighted by molar-refractivity contribution is 0.160. The number of hydrogen-bond donors (Lipinski definition) is 0. The first-order valence-corrected chi connectivity index (χ1v) is 9.13. The number of likely N-dealkylation sites (tertiary alicyclic amines) is 1. The van der Waals surface area contributed by atoms with Crippen molar-refractivity contribution in [3.05, 3.63) is 45.3 Å². The molecule has 2 aromatic rings. The molecule has 0 spiro atoms. The number of rotatable bonds is 3. The number of nitrogens with zero attached hydrogens (tertiary/aromatic N) is 2. The third-order valence-electron chi connectivity index (χ3n) is 5.62. The number of benzene rings is 1. The molecule has 4 rings (SSSR count). The van der Waals surface area contributed by atoms with Crippen molar-refractivity contribution >= 4 is 11.0 Å². The molecule has 1 saturated heterocycles. The van der Waals surface area contributed by atoms with Gasteiger partial charge in [0, 0.05) is 31.1 Å². The molecule has 3 heterocycles. The smallest absolute Gasteiger partial charge is 0.341 e. The predicted molar refractivity (Wildman–Crippen MR) is 96.5 cm³/mol. The van der Waals surface area contributed by atoms with Gasteiger partial charge in [-0.2, -0.15) is 0 Å². The van der Waals surface area contributed by atoms with Gasteiger partial charge >= 0.3 is 5.63 Å². The zero-order valence-electron chi connectivity index (χ0n) is 14.7. The fourth-order valence-electron chi connectivity index (χ4n) is 4.26. The van der Waals surface area contributed by atoms with Crippen LogP contribution in [-0.2, 0) is 13.0 Å². The second kappa shape index (κ2) is 6.34. The van der Waals surface area contributed by atoms with Crippen LogP contribution in [-0.4, -0.2) is 42.0 Å². The fourth-order valence-corrected chi connectivity index (χ4v) is 4.26. The summed E-state index contributed by atoms with van der Waals surface area (Å²) >= 11 is 0. The van der Waals surface area contributed by atoms with E-state index >= 15 is 0 Å².